The molecule has 0 aliphatic carbocycles. The number of carbonyl (C=O) groups excluding carboxylic acids is 1. The fourth-order valence-corrected chi connectivity index (χ4v) is 1.75. The van der Waals surface area contributed by atoms with E-state index >= 15 is 0 Å². The van der Waals surface area contributed by atoms with Crippen LogP contribution in [0.3, 0.4) is 0 Å². The van der Waals surface area contributed by atoms with E-state index in [2.05, 4.69) is 20.4 Å². The molecule has 1 N–H and O–H groups in total. The van der Waals surface area contributed by atoms with E-state index in [4.69, 9.17) is 11.6 Å². The molecule has 0 aliphatic rings. The van der Waals surface area contributed by atoms with Crippen molar-refractivity contribution in [3.63, 3.8) is 0 Å². The topological polar surface area (TPSA) is 72.7 Å². The number of anilines is 1. The minimum atomic E-state index is -0.873. The van der Waals surface area contributed by atoms with Gasteiger partial charge in [0.2, 0.25) is 11.7 Å². The molecule has 19 heavy (non-hydrogen) atoms. The SMILES string of the molecule is CC(=O)Nc1nc(-n2nc(C)cc2C)nc(Cl)c1F. The van der Waals surface area contributed by atoms with Gasteiger partial charge in [-0.25, -0.2) is 4.68 Å². The third-order valence-electron chi connectivity index (χ3n) is 2.29. The summed E-state index contributed by atoms with van der Waals surface area (Å²) in [5.41, 5.74) is 1.54. The first-order valence-electron chi connectivity index (χ1n) is 5.42. The van der Waals surface area contributed by atoms with Crippen molar-refractivity contribution in [2.75, 3.05) is 5.32 Å². The minimum Gasteiger partial charge on any atom is -0.308 e. The van der Waals surface area contributed by atoms with Crippen molar-refractivity contribution in [1.29, 1.82) is 0 Å². The Morgan fingerprint density at radius 2 is 2.11 bits per heavy atom. The number of aryl methyl sites for hydroxylation is 2. The Bertz CT molecular complexity index is 655. The van der Waals surface area contributed by atoms with Crippen LogP contribution in [-0.4, -0.2) is 25.7 Å². The zero-order valence-electron chi connectivity index (χ0n) is 10.5. The molecule has 0 spiro atoms. The van der Waals surface area contributed by atoms with Crippen LogP contribution in [0, 0.1) is 19.7 Å². The van der Waals surface area contributed by atoms with Gasteiger partial charge in [-0.3, -0.25) is 4.79 Å². The van der Waals surface area contributed by atoms with Gasteiger partial charge in [-0.2, -0.15) is 19.5 Å². The highest BCUT2D eigenvalue weighted by atomic mass is 35.5. The fourth-order valence-electron chi connectivity index (χ4n) is 1.58. The number of nitrogens with zero attached hydrogens (tertiary/aromatic N) is 4. The molecule has 0 unspecified atom stereocenters. The van der Waals surface area contributed by atoms with Crippen LogP contribution in [0.2, 0.25) is 5.15 Å². The number of hydrogen-bond acceptors (Lipinski definition) is 4. The van der Waals surface area contributed by atoms with E-state index < -0.39 is 11.7 Å². The number of hydrogen-bond donors (Lipinski definition) is 1. The van der Waals surface area contributed by atoms with Gasteiger partial charge in [0.25, 0.3) is 5.95 Å². The molecule has 0 fully saturated rings. The number of halogens is 2. The summed E-state index contributed by atoms with van der Waals surface area (Å²) in [6, 6.07) is 1.82. The lowest BCUT2D eigenvalue weighted by molar-refractivity contribution is -0.114. The maximum Gasteiger partial charge on any atom is 0.254 e. The Balaban J connectivity index is 2.56. The quantitative estimate of drug-likeness (QED) is 0.856. The number of carbonyl (C=O) groups is 1. The van der Waals surface area contributed by atoms with E-state index in [-0.39, 0.29) is 16.9 Å². The predicted octanol–water partition coefficient (Wildman–Crippen LogP) is 2.03. The summed E-state index contributed by atoms with van der Waals surface area (Å²) in [5.74, 6) is -1.49. The van der Waals surface area contributed by atoms with E-state index in [1.807, 2.05) is 13.0 Å². The van der Waals surface area contributed by atoms with Crippen LogP contribution in [0.1, 0.15) is 18.3 Å². The smallest absolute Gasteiger partial charge is 0.254 e. The van der Waals surface area contributed by atoms with Gasteiger partial charge in [0.1, 0.15) is 0 Å². The molecule has 2 aromatic rings. The standard InChI is InChI=1S/C11H11ClFN5O/c1-5-4-6(2)18(17-5)11-15-9(12)8(13)10(16-11)14-7(3)19/h4H,1-3H3,(H,14,15,16,19). The van der Waals surface area contributed by atoms with E-state index in [1.54, 1.807) is 6.92 Å². The molecule has 1 amide bonds. The number of rotatable bonds is 2. The molecule has 0 aliphatic heterocycles. The molecular weight excluding hydrogens is 273 g/mol. The highest BCUT2D eigenvalue weighted by Gasteiger charge is 2.16. The summed E-state index contributed by atoms with van der Waals surface area (Å²) in [5, 5.41) is 6.06. The van der Waals surface area contributed by atoms with Gasteiger partial charge in [0.05, 0.1) is 5.69 Å². The van der Waals surface area contributed by atoms with Crippen molar-refractivity contribution in [3.8, 4) is 5.95 Å². The average Bonchev–Trinajstić information content (AvgIpc) is 2.63. The monoisotopic (exact) mass is 283 g/mol. The Morgan fingerprint density at radius 1 is 1.42 bits per heavy atom. The van der Waals surface area contributed by atoms with Gasteiger partial charge in [0.15, 0.2) is 11.0 Å². The molecule has 8 heteroatoms. The zero-order valence-corrected chi connectivity index (χ0v) is 11.3. The highest BCUT2D eigenvalue weighted by Crippen LogP contribution is 2.21. The molecule has 0 bridgehead atoms. The van der Waals surface area contributed by atoms with Crippen molar-refractivity contribution < 1.29 is 9.18 Å². The van der Waals surface area contributed by atoms with Crippen LogP contribution in [0.4, 0.5) is 10.2 Å². The van der Waals surface area contributed by atoms with E-state index in [9.17, 15) is 9.18 Å². The molecule has 2 aromatic heterocycles. The Morgan fingerprint density at radius 3 is 2.63 bits per heavy atom. The van der Waals surface area contributed by atoms with Gasteiger partial charge < -0.3 is 5.32 Å². The van der Waals surface area contributed by atoms with Crippen LogP contribution in [0.5, 0.6) is 0 Å². The third-order valence-corrected chi connectivity index (χ3v) is 2.54. The van der Waals surface area contributed by atoms with Crippen LogP contribution in [-0.2, 0) is 4.79 Å². The van der Waals surface area contributed by atoms with E-state index in [1.165, 1.54) is 11.6 Å². The van der Waals surface area contributed by atoms with Crippen molar-refractivity contribution in [2.45, 2.75) is 20.8 Å². The summed E-state index contributed by atoms with van der Waals surface area (Å²) in [6.07, 6.45) is 0. The molecule has 0 radical (unpaired) electrons. The van der Waals surface area contributed by atoms with Gasteiger partial charge in [0, 0.05) is 12.6 Å². The fraction of sp³-hybridized carbons (Fsp3) is 0.273. The summed E-state index contributed by atoms with van der Waals surface area (Å²) in [7, 11) is 0. The van der Waals surface area contributed by atoms with Gasteiger partial charge in [-0.15, -0.1) is 0 Å². The van der Waals surface area contributed by atoms with Gasteiger partial charge in [-0.05, 0) is 19.9 Å². The first kappa shape index (κ1) is 13.4. The van der Waals surface area contributed by atoms with Crippen LogP contribution in [0.15, 0.2) is 6.07 Å². The molecule has 2 rings (SSSR count). The molecule has 2 heterocycles. The number of amides is 1. The molecule has 0 aromatic carbocycles. The Labute approximate surface area is 113 Å². The largest absolute Gasteiger partial charge is 0.308 e. The lowest BCUT2D eigenvalue weighted by atomic mass is 10.4. The van der Waals surface area contributed by atoms with Crippen molar-refractivity contribution >= 4 is 23.3 Å². The minimum absolute atomic E-state index is 0.0979. The van der Waals surface area contributed by atoms with E-state index in [0.717, 1.165) is 11.4 Å². The summed E-state index contributed by atoms with van der Waals surface area (Å²) in [4.78, 5) is 18.7. The molecule has 0 atom stereocenters. The number of aromatic nitrogens is 4. The van der Waals surface area contributed by atoms with Crippen molar-refractivity contribution in [2.24, 2.45) is 0 Å². The molecule has 6 nitrogen and oxygen atoms in total. The van der Waals surface area contributed by atoms with Crippen molar-refractivity contribution in [3.05, 3.63) is 28.4 Å². The lowest BCUT2D eigenvalue weighted by Crippen LogP contribution is -2.14. The first-order chi connectivity index (χ1) is 8.88. The third kappa shape index (κ3) is 2.70. The second-order valence-electron chi connectivity index (χ2n) is 4.00. The second-order valence-corrected chi connectivity index (χ2v) is 4.36. The second kappa shape index (κ2) is 4.93. The average molecular weight is 284 g/mol. The molecule has 0 saturated carbocycles. The first-order valence-corrected chi connectivity index (χ1v) is 5.80. The molecule has 0 saturated heterocycles. The molecule has 100 valence electrons. The Hall–Kier alpha value is -2.02. The van der Waals surface area contributed by atoms with Crippen molar-refractivity contribution in [1.82, 2.24) is 19.7 Å². The van der Waals surface area contributed by atoms with Crippen LogP contribution < -0.4 is 5.32 Å². The van der Waals surface area contributed by atoms with Gasteiger partial charge in [-0.1, -0.05) is 11.6 Å². The Kier molecular flexibility index (Phi) is 3.48. The lowest BCUT2D eigenvalue weighted by Gasteiger charge is -2.08. The summed E-state index contributed by atoms with van der Waals surface area (Å²) < 4.78 is 15.1. The molecular formula is C11H11ClFN5O. The van der Waals surface area contributed by atoms with Gasteiger partial charge >= 0.3 is 0 Å². The zero-order chi connectivity index (χ0) is 14.2. The summed E-state index contributed by atoms with van der Waals surface area (Å²) in [6.45, 7) is 4.86. The highest BCUT2D eigenvalue weighted by molar-refractivity contribution is 6.29. The normalized spacial score (nSPS) is 10.6. The van der Waals surface area contributed by atoms with Crippen LogP contribution in [0.25, 0.3) is 5.95 Å². The van der Waals surface area contributed by atoms with E-state index in [0.29, 0.717) is 0 Å². The number of nitrogens with one attached hydrogen (secondary N) is 1. The summed E-state index contributed by atoms with van der Waals surface area (Å²) >= 11 is 5.69. The van der Waals surface area contributed by atoms with Crippen LogP contribution >= 0.6 is 11.6 Å². The predicted molar refractivity (Wildman–Crippen MR) is 67.9 cm³/mol. The maximum atomic E-state index is 13.7. The maximum absolute atomic E-state index is 13.7.